The second kappa shape index (κ2) is 5.71. The SMILES string of the molecule is Cc1ccc(C(C)n2c(C(C)Cl)nc3cc(Br)cnc32)s1. The highest BCUT2D eigenvalue weighted by Crippen LogP contribution is 2.33. The van der Waals surface area contributed by atoms with E-state index in [9.17, 15) is 0 Å². The number of thiophene rings is 1. The van der Waals surface area contributed by atoms with Gasteiger partial charge in [0.1, 0.15) is 11.3 Å². The van der Waals surface area contributed by atoms with Crippen molar-refractivity contribution in [3.63, 3.8) is 0 Å². The van der Waals surface area contributed by atoms with Crippen LogP contribution in [0, 0.1) is 6.92 Å². The number of aryl methyl sites for hydroxylation is 1. The Kier molecular flexibility index (Phi) is 4.08. The second-order valence-corrected chi connectivity index (χ2v) is 7.97. The van der Waals surface area contributed by atoms with Crippen molar-refractivity contribution in [2.24, 2.45) is 0 Å². The number of halogens is 2. The summed E-state index contributed by atoms with van der Waals surface area (Å²) in [6.45, 7) is 6.23. The number of alkyl halides is 1. The van der Waals surface area contributed by atoms with Crippen molar-refractivity contribution in [3.8, 4) is 0 Å². The topological polar surface area (TPSA) is 30.7 Å². The van der Waals surface area contributed by atoms with Gasteiger partial charge < -0.3 is 4.57 Å². The van der Waals surface area contributed by atoms with E-state index in [4.69, 9.17) is 11.6 Å². The van der Waals surface area contributed by atoms with Crippen LogP contribution in [0.2, 0.25) is 0 Å². The molecule has 0 bridgehead atoms. The van der Waals surface area contributed by atoms with Crippen LogP contribution in [0.25, 0.3) is 11.2 Å². The first-order valence-electron chi connectivity index (χ1n) is 6.71. The number of rotatable bonds is 3. The van der Waals surface area contributed by atoms with Gasteiger partial charge >= 0.3 is 0 Å². The van der Waals surface area contributed by atoms with Gasteiger partial charge in [-0.3, -0.25) is 0 Å². The van der Waals surface area contributed by atoms with Crippen molar-refractivity contribution in [2.75, 3.05) is 0 Å². The molecule has 0 N–H and O–H groups in total. The number of hydrogen-bond acceptors (Lipinski definition) is 3. The van der Waals surface area contributed by atoms with Crippen molar-refractivity contribution in [3.05, 3.63) is 44.4 Å². The molecule has 0 radical (unpaired) electrons. The summed E-state index contributed by atoms with van der Waals surface area (Å²) in [5, 5.41) is -0.165. The largest absolute Gasteiger partial charge is 0.303 e. The van der Waals surface area contributed by atoms with Gasteiger partial charge in [0.25, 0.3) is 0 Å². The van der Waals surface area contributed by atoms with Crippen molar-refractivity contribution in [1.82, 2.24) is 14.5 Å². The molecule has 6 heteroatoms. The number of aromatic nitrogens is 3. The molecule has 2 unspecified atom stereocenters. The molecule has 0 saturated heterocycles. The quantitative estimate of drug-likeness (QED) is 0.560. The van der Waals surface area contributed by atoms with Gasteiger partial charge in [-0.25, -0.2) is 9.97 Å². The summed E-state index contributed by atoms with van der Waals surface area (Å²) in [6, 6.07) is 6.45. The van der Waals surface area contributed by atoms with E-state index in [1.54, 1.807) is 17.5 Å². The zero-order chi connectivity index (χ0) is 15.1. The molecular formula is C15H15BrClN3S. The molecule has 0 aliphatic heterocycles. The van der Waals surface area contributed by atoms with E-state index in [0.717, 1.165) is 21.5 Å². The highest BCUT2D eigenvalue weighted by Gasteiger charge is 2.22. The molecule has 0 amide bonds. The number of pyridine rings is 1. The Morgan fingerprint density at radius 1 is 1.33 bits per heavy atom. The van der Waals surface area contributed by atoms with Crippen LogP contribution in [0.5, 0.6) is 0 Å². The minimum Gasteiger partial charge on any atom is -0.303 e. The Hall–Kier alpha value is -0.910. The third kappa shape index (κ3) is 2.74. The highest BCUT2D eigenvalue weighted by molar-refractivity contribution is 9.10. The maximum absolute atomic E-state index is 6.34. The number of fused-ring (bicyclic) bond motifs is 1. The molecule has 3 aromatic heterocycles. The van der Waals surface area contributed by atoms with Crippen LogP contribution in [-0.2, 0) is 0 Å². The van der Waals surface area contributed by atoms with Crippen LogP contribution in [0.3, 0.4) is 0 Å². The normalized spacial score (nSPS) is 14.5. The lowest BCUT2D eigenvalue weighted by molar-refractivity contribution is 0.623. The molecule has 0 aliphatic carbocycles. The lowest BCUT2D eigenvalue weighted by Gasteiger charge is -2.16. The zero-order valence-electron chi connectivity index (χ0n) is 12.0. The van der Waals surface area contributed by atoms with E-state index in [1.165, 1.54) is 9.75 Å². The third-order valence-electron chi connectivity index (χ3n) is 3.44. The van der Waals surface area contributed by atoms with Gasteiger partial charge in [-0.05, 0) is 54.9 Å². The molecule has 0 saturated carbocycles. The summed E-state index contributed by atoms with van der Waals surface area (Å²) in [4.78, 5) is 11.8. The van der Waals surface area contributed by atoms with Crippen molar-refractivity contribution < 1.29 is 0 Å². The Morgan fingerprint density at radius 3 is 2.71 bits per heavy atom. The molecule has 0 fully saturated rings. The maximum atomic E-state index is 6.34. The van der Waals surface area contributed by atoms with Crippen LogP contribution in [-0.4, -0.2) is 14.5 Å². The molecule has 3 heterocycles. The van der Waals surface area contributed by atoms with Gasteiger partial charge in [-0.1, -0.05) is 0 Å². The predicted octanol–water partition coefficient (Wildman–Crippen LogP) is 5.47. The van der Waals surface area contributed by atoms with Crippen LogP contribution in [0.15, 0.2) is 28.9 Å². The number of hydrogen-bond donors (Lipinski definition) is 0. The summed E-state index contributed by atoms with van der Waals surface area (Å²) >= 11 is 11.6. The fourth-order valence-electron chi connectivity index (χ4n) is 2.44. The van der Waals surface area contributed by atoms with E-state index in [-0.39, 0.29) is 11.4 Å². The summed E-state index contributed by atoms with van der Waals surface area (Å²) in [7, 11) is 0. The van der Waals surface area contributed by atoms with Gasteiger partial charge in [0.2, 0.25) is 0 Å². The Morgan fingerprint density at radius 2 is 2.10 bits per heavy atom. The first-order chi connectivity index (χ1) is 9.97. The Balaban J connectivity index is 2.21. The average molecular weight is 385 g/mol. The Bertz CT molecular complexity index is 793. The summed E-state index contributed by atoms with van der Waals surface area (Å²) < 4.78 is 3.07. The van der Waals surface area contributed by atoms with Gasteiger partial charge in [0.05, 0.1) is 11.4 Å². The molecule has 3 rings (SSSR count). The van der Waals surface area contributed by atoms with E-state index in [2.05, 4.69) is 56.4 Å². The number of imidazole rings is 1. The van der Waals surface area contributed by atoms with Crippen LogP contribution >= 0.6 is 38.9 Å². The highest BCUT2D eigenvalue weighted by atomic mass is 79.9. The Labute approximate surface area is 141 Å². The van der Waals surface area contributed by atoms with E-state index >= 15 is 0 Å². The van der Waals surface area contributed by atoms with Gasteiger partial charge in [0.15, 0.2) is 5.65 Å². The second-order valence-electron chi connectivity index (χ2n) is 5.08. The molecule has 3 nitrogen and oxygen atoms in total. The number of nitrogens with zero attached hydrogens (tertiary/aromatic N) is 3. The predicted molar refractivity (Wildman–Crippen MR) is 92.4 cm³/mol. The molecule has 2 atom stereocenters. The zero-order valence-corrected chi connectivity index (χ0v) is 15.1. The van der Waals surface area contributed by atoms with E-state index < -0.39 is 0 Å². The molecule has 0 aliphatic rings. The first kappa shape index (κ1) is 15.0. The standard InChI is InChI=1S/C15H15BrClN3S/c1-8-4-5-13(21-8)10(3)20-14(9(2)17)19-12-6-11(16)7-18-15(12)20/h4-7,9-10H,1-3H3. The minimum atomic E-state index is -0.165. The summed E-state index contributed by atoms with van der Waals surface area (Å²) in [6.07, 6.45) is 1.80. The van der Waals surface area contributed by atoms with Crippen molar-refractivity contribution >= 4 is 50.0 Å². The lowest BCUT2D eigenvalue weighted by atomic mass is 10.2. The van der Waals surface area contributed by atoms with Crippen LogP contribution < -0.4 is 0 Å². The molecular weight excluding hydrogens is 370 g/mol. The summed E-state index contributed by atoms with van der Waals surface area (Å²) in [5.74, 6) is 0.857. The average Bonchev–Trinajstić information content (AvgIpc) is 3.01. The summed E-state index contributed by atoms with van der Waals surface area (Å²) in [5.41, 5.74) is 1.74. The van der Waals surface area contributed by atoms with E-state index in [0.29, 0.717) is 0 Å². The molecule has 21 heavy (non-hydrogen) atoms. The lowest BCUT2D eigenvalue weighted by Crippen LogP contribution is -2.10. The van der Waals surface area contributed by atoms with Gasteiger partial charge in [-0.2, -0.15) is 0 Å². The van der Waals surface area contributed by atoms with Gasteiger partial charge in [0, 0.05) is 20.4 Å². The van der Waals surface area contributed by atoms with E-state index in [1.807, 2.05) is 13.0 Å². The minimum absolute atomic E-state index is 0.165. The smallest absolute Gasteiger partial charge is 0.160 e. The monoisotopic (exact) mass is 383 g/mol. The van der Waals surface area contributed by atoms with Crippen LogP contribution in [0.4, 0.5) is 0 Å². The van der Waals surface area contributed by atoms with Gasteiger partial charge in [-0.15, -0.1) is 22.9 Å². The fraction of sp³-hybridized carbons (Fsp3) is 0.333. The van der Waals surface area contributed by atoms with Crippen LogP contribution in [0.1, 0.15) is 40.8 Å². The fourth-order valence-corrected chi connectivity index (χ4v) is 3.84. The molecule has 3 aromatic rings. The van der Waals surface area contributed by atoms with Crippen molar-refractivity contribution in [2.45, 2.75) is 32.2 Å². The molecule has 110 valence electrons. The maximum Gasteiger partial charge on any atom is 0.160 e. The molecule has 0 spiro atoms. The third-order valence-corrected chi connectivity index (χ3v) is 5.24. The molecule has 0 aromatic carbocycles. The first-order valence-corrected chi connectivity index (χ1v) is 8.75. The van der Waals surface area contributed by atoms with Crippen molar-refractivity contribution in [1.29, 1.82) is 0 Å².